The highest BCUT2D eigenvalue weighted by molar-refractivity contribution is 6.74. The van der Waals surface area contributed by atoms with Gasteiger partial charge in [-0.05, 0) is 60.4 Å². The van der Waals surface area contributed by atoms with Crippen LogP contribution in [0.4, 0.5) is 10.5 Å². The molecule has 0 spiro atoms. The summed E-state index contributed by atoms with van der Waals surface area (Å²) in [5.74, 6) is 0.515. The van der Waals surface area contributed by atoms with E-state index < -0.39 is 14.4 Å². The average molecular weight is 372 g/mol. The van der Waals surface area contributed by atoms with E-state index in [-0.39, 0.29) is 5.04 Å². The van der Waals surface area contributed by atoms with Gasteiger partial charge < -0.3 is 9.16 Å². The molecule has 1 amide bonds. The van der Waals surface area contributed by atoms with E-state index in [1.54, 1.807) is 12.1 Å². The SMILES string of the molecule is Cc1cc(NC(=O)Oc2ccccc2)ccc1CO[Si](C)(C)C(C)(C)C. The smallest absolute Gasteiger partial charge is 0.413 e. The van der Waals surface area contributed by atoms with Crippen LogP contribution in [0.1, 0.15) is 31.9 Å². The molecule has 0 aromatic heterocycles. The number of aryl methyl sites for hydroxylation is 1. The van der Waals surface area contributed by atoms with Crippen LogP contribution in [-0.4, -0.2) is 14.4 Å². The third-order valence-corrected chi connectivity index (χ3v) is 9.42. The molecule has 0 bridgehead atoms. The molecule has 2 rings (SSSR count). The van der Waals surface area contributed by atoms with Gasteiger partial charge in [0.2, 0.25) is 0 Å². The Morgan fingerprint density at radius 1 is 1.08 bits per heavy atom. The van der Waals surface area contributed by atoms with Gasteiger partial charge in [-0.3, -0.25) is 5.32 Å². The fourth-order valence-corrected chi connectivity index (χ4v) is 3.10. The number of benzene rings is 2. The van der Waals surface area contributed by atoms with Crippen LogP contribution in [0.25, 0.3) is 0 Å². The van der Waals surface area contributed by atoms with Crippen molar-refractivity contribution in [1.29, 1.82) is 0 Å². The summed E-state index contributed by atoms with van der Waals surface area (Å²) in [4.78, 5) is 12.0. The summed E-state index contributed by atoms with van der Waals surface area (Å²) in [6.45, 7) is 13.8. The molecule has 0 unspecified atom stereocenters. The molecule has 0 aliphatic rings. The van der Waals surface area contributed by atoms with Crippen LogP contribution in [0, 0.1) is 6.92 Å². The van der Waals surface area contributed by atoms with Crippen LogP contribution in [-0.2, 0) is 11.0 Å². The third-order valence-electron chi connectivity index (χ3n) is 4.94. The van der Waals surface area contributed by atoms with Crippen LogP contribution in [0.3, 0.4) is 0 Å². The van der Waals surface area contributed by atoms with Gasteiger partial charge in [0.05, 0.1) is 6.61 Å². The summed E-state index contributed by atoms with van der Waals surface area (Å²) < 4.78 is 11.5. The van der Waals surface area contributed by atoms with Gasteiger partial charge in [0.1, 0.15) is 5.75 Å². The highest BCUT2D eigenvalue weighted by atomic mass is 28.4. The van der Waals surface area contributed by atoms with Gasteiger partial charge >= 0.3 is 6.09 Å². The van der Waals surface area contributed by atoms with Crippen LogP contribution in [0.2, 0.25) is 18.1 Å². The number of carbonyl (C=O) groups is 1. The topological polar surface area (TPSA) is 47.6 Å². The van der Waals surface area contributed by atoms with Crippen molar-refractivity contribution in [1.82, 2.24) is 0 Å². The molecule has 0 heterocycles. The van der Waals surface area contributed by atoms with Crippen molar-refractivity contribution in [3.8, 4) is 5.75 Å². The summed E-state index contributed by atoms with van der Waals surface area (Å²) in [7, 11) is -1.78. The number of hydrogen-bond donors (Lipinski definition) is 1. The first-order valence-electron chi connectivity index (χ1n) is 8.86. The van der Waals surface area contributed by atoms with Gasteiger partial charge in [0.25, 0.3) is 0 Å². The quantitative estimate of drug-likeness (QED) is 0.643. The number of hydrogen-bond acceptors (Lipinski definition) is 3. The Morgan fingerprint density at radius 2 is 1.73 bits per heavy atom. The highest BCUT2D eigenvalue weighted by Gasteiger charge is 2.37. The Labute approximate surface area is 157 Å². The van der Waals surface area contributed by atoms with Crippen LogP contribution < -0.4 is 10.1 Å². The molecule has 140 valence electrons. The molecule has 0 atom stereocenters. The first-order valence-corrected chi connectivity index (χ1v) is 11.8. The van der Waals surface area contributed by atoms with E-state index in [1.807, 2.05) is 43.3 Å². The third kappa shape index (κ3) is 5.44. The lowest BCUT2D eigenvalue weighted by Crippen LogP contribution is -2.40. The van der Waals surface area contributed by atoms with E-state index in [4.69, 9.17) is 9.16 Å². The molecule has 2 aromatic carbocycles. The van der Waals surface area contributed by atoms with Crippen LogP contribution in [0.15, 0.2) is 48.5 Å². The van der Waals surface area contributed by atoms with E-state index in [0.717, 1.165) is 11.1 Å². The van der Waals surface area contributed by atoms with Gasteiger partial charge in [-0.25, -0.2) is 4.79 Å². The van der Waals surface area contributed by atoms with Crippen molar-refractivity contribution in [3.63, 3.8) is 0 Å². The molecule has 0 radical (unpaired) electrons. The minimum absolute atomic E-state index is 0.184. The van der Waals surface area contributed by atoms with Crippen molar-refractivity contribution in [2.24, 2.45) is 0 Å². The van der Waals surface area contributed by atoms with Crippen molar-refractivity contribution >= 4 is 20.1 Å². The summed E-state index contributed by atoms with van der Waals surface area (Å²) in [5, 5.41) is 2.95. The van der Waals surface area contributed by atoms with E-state index in [1.165, 1.54) is 0 Å². The van der Waals surface area contributed by atoms with E-state index in [9.17, 15) is 4.79 Å². The Kier molecular flexibility index (Phi) is 6.26. The number of carbonyl (C=O) groups excluding carboxylic acids is 1. The molecule has 2 aromatic rings. The second kappa shape index (κ2) is 8.06. The predicted molar refractivity (Wildman–Crippen MR) is 109 cm³/mol. The largest absolute Gasteiger partial charge is 0.417 e. The number of ether oxygens (including phenoxy) is 1. The molecule has 0 fully saturated rings. The Balaban J connectivity index is 1.97. The minimum atomic E-state index is -1.78. The highest BCUT2D eigenvalue weighted by Crippen LogP contribution is 2.37. The Bertz CT molecular complexity index is 752. The lowest BCUT2D eigenvalue weighted by molar-refractivity contribution is 0.215. The Morgan fingerprint density at radius 3 is 2.31 bits per heavy atom. The van der Waals surface area contributed by atoms with Gasteiger partial charge in [-0.15, -0.1) is 0 Å². The monoisotopic (exact) mass is 371 g/mol. The fourth-order valence-electron chi connectivity index (χ4n) is 2.15. The molecule has 0 aliphatic heterocycles. The summed E-state index contributed by atoms with van der Waals surface area (Å²) >= 11 is 0. The molecule has 4 nitrogen and oxygen atoms in total. The zero-order valence-electron chi connectivity index (χ0n) is 16.6. The molecule has 26 heavy (non-hydrogen) atoms. The number of para-hydroxylation sites is 1. The van der Waals surface area contributed by atoms with Gasteiger partial charge in [0.15, 0.2) is 8.32 Å². The zero-order chi connectivity index (χ0) is 19.4. The second-order valence-corrected chi connectivity index (χ2v) is 12.8. The van der Waals surface area contributed by atoms with Crippen molar-refractivity contribution in [2.75, 3.05) is 5.32 Å². The van der Waals surface area contributed by atoms with E-state index >= 15 is 0 Å². The van der Waals surface area contributed by atoms with Crippen LogP contribution >= 0.6 is 0 Å². The number of rotatable bonds is 5. The zero-order valence-corrected chi connectivity index (χ0v) is 17.6. The molecule has 1 N–H and O–H groups in total. The van der Waals surface area contributed by atoms with Crippen LogP contribution in [0.5, 0.6) is 5.75 Å². The maximum Gasteiger partial charge on any atom is 0.417 e. The molecule has 0 saturated heterocycles. The molecular formula is C21H29NO3Si. The second-order valence-electron chi connectivity index (χ2n) is 8.02. The molecule has 0 aliphatic carbocycles. The van der Waals surface area contributed by atoms with E-state index in [0.29, 0.717) is 18.0 Å². The Hall–Kier alpha value is -2.11. The number of anilines is 1. The predicted octanol–water partition coefficient (Wildman–Crippen LogP) is 6.13. The maximum absolute atomic E-state index is 12.0. The van der Waals surface area contributed by atoms with E-state index in [2.05, 4.69) is 39.2 Å². The lowest BCUT2D eigenvalue weighted by atomic mass is 10.1. The molecular weight excluding hydrogens is 342 g/mol. The van der Waals surface area contributed by atoms with Crippen molar-refractivity contribution < 1.29 is 14.0 Å². The van der Waals surface area contributed by atoms with Gasteiger partial charge in [-0.2, -0.15) is 0 Å². The van der Waals surface area contributed by atoms with Crippen molar-refractivity contribution in [3.05, 3.63) is 59.7 Å². The first-order chi connectivity index (χ1) is 12.1. The van der Waals surface area contributed by atoms with Gasteiger partial charge in [0, 0.05) is 5.69 Å². The average Bonchev–Trinajstić information content (AvgIpc) is 2.54. The summed E-state index contributed by atoms with van der Waals surface area (Å²) in [6.07, 6.45) is -0.499. The minimum Gasteiger partial charge on any atom is -0.413 e. The summed E-state index contributed by atoms with van der Waals surface area (Å²) in [6, 6.07) is 14.8. The first kappa shape index (κ1) is 20.2. The molecule has 0 saturated carbocycles. The normalized spacial score (nSPS) is 11.9. The van der Waals surface area contributed by atoms with Gasteiger partial charge in [-0.1, -0.05) is 45.0 Å². The molecule has 5 heteroatoms. The fraction of sp³-hybridized carbons (Fsp3) is 0.381. The number of amides is 1. The summed E-state index contributed by atoms with van der Waals surface area (Å²) in [5.41, 5.74) is 2.93. The maximum atomic E-state index is 12.0. The van der Waals surface area contributed by atoms with Crippen molar-refractivity contribution in [2.45, 2.75) is 52.4 Å². The standard InChI is InChI=1S/C21H29NO3Si/c1-16-14-18(22-20(23)25-19-10-8-7-9-11-19)13-12-17(16)15-24-26(5,6)21(2,3)4/h7-14H,15H2,1-6H3,(H,22,23). The number of nitrogens with one attached hydrogen (secondary N) is 1. The lowest BCUT2D eigenvalue weighted by Gasteiger charge is -2.36.